The molecule has 0 fully saturated rings. The Morgan fingerprint density at radius 2 is 1.71 bits per heavy atom. The maximum Gasteiger partial charge on any atom is 0.354 e. The van der Waals surface area contributed by atoms with E-state index in [9.17, 15) is 9.90 Å². The standard InChI is InChI=1S/C16H10ClNO3/c17-10-3-1-9(2-4-10)11-6-8-14(19)15-12(11)5-7-13(18-15)16(20)21/h1-8,19H,(H,20,21). The maximum absolute atomic E-state index is 11.0. The molecule has 0 atom stereocenters. The fourth-order valence-corrected chi connectivity index (χ4v) is 2.33. The van der Waals surface area contributed by atoms with Gasteiger partial charge in [0.15, 0.2) is 0 Å². The van der Waals surface area contributed by atoms with Crippen LogP contribution in [0.2, 0.25) is 5.02 Å². The molecule has 2 N–H and O–H groups in total. The second-order valence-corrected chi connectivity index (χ2v) is 4.97. The zero-order valence-corrected chi connectivity index (χ0v) is 11.5. The smallest absolute Gasteiger partial charge is 0.354 e. The number of benzene rings is 2. The molecule has 0 radical (unpaired) electrons. The average Bonchev–Trinajstić information content (AvgIpc) is 2.48. The summed E-state index contributed by atoms with van der Waals surface area (Å²) < 4.78 is 0. The molecule has 0 unspecified atom stereocenters. The van der Waals surface area contributed by atoms with Gasteiger partial charge >= 0.3 is 5.97 Å². The lowest BCUT2D eigenvalue weighted by Gasteiger charge is -2.09. The molecule has 3 rings (SSSR count). The van der Waals surface area contributed by atoms with E-state index in [2.05, 4.69) is 4.98 Å². The van der Waals surface area contributed by atoms with E-state index in [1.807, 2.05) is 12.1 Å². The molecule has 4 nitrogen and oxygen atoms in total. The van der Waals surface area contributed by atoms with Crippen molar-refractivity contribution in [1.82, 2.24) is 4.98 Å². The third-order valence-electron chi connectivity index (χ3n) is 3.21. The summed E-state index contributed by atoms with van der Waals surface area (Å²) in [5.74, 6) is -1.18. The summed E-state index contributed by atoms with van der Waals surface area (Å²) in [5, 5.41) is 20.2. The molecule has 0 saturated carbocycles. The Morgan fingerprint density at radius 3 is 2.38 bits per heavy atom. The molecular weight excluding hydrogens is 290 g/mol. The van der Waals surface area contributed by atoms with E-state index < -0.39 is 5.97 Å². The summed E-state index contributed by atoms with van der Waals surface area (Å²) in [6.45, 7) is 0. The fraction of sp³-hybridized carbons (Fsp3) is 0. The van der Waals surface area contributed by atoms with E-state index in [-0.39, 0.29) is 17.0 Å². The first-order valence-corrected chi connectivity index (χ1v) is 6.56. The molecule has 0 spiro atoms. The number of aromatic carboxylic acids is 1. The van der Waals surface area contributed by atoms with Gasteiger partial charge in [-0.3, -0.25) is 0 Å². The van der Waals surface area contributed by atoms with Crippen molar-refractivity contribution in [3.8, 4) is 16.9 Å². The number of nitrogens with zero attached hydrogens (tertiary/aromatic N) is 1. The first-order chi connectivity index (χ1) is 10.1. The van der Waals surface area contributed by atoms with Crippen LogP contribution in [0.5, 0.6) is 5.75 Å². The van der Waals surface area contributed by atoms with Crippen LogP contribution in [-0.4, -0.2) is 21.2 Å². The van der Waals surface area contributed by atoms with Crippen molar-refractivity contribution < 1.29 is 15.0 Å². The van der Waals surface area contributed by atoms with E-state index in [1.165, 1.54) is 12.1 Å². The highest BCUT2D eigenvalue weighted by Gasteiger charge is 2.12. The van der Waals surface area contributed by atoms with Gasteiger partial charge in [-0.2, -0.15) is 0 Å². The number of fused-ring (bicyclic) bond motifs is 1. The predicted molar refractivity (Wildman–Crippen MR) is 80.8 cm³/mol. The Kier molecular flexibility index (Phi) is 3.23. The van der Waals surface area contributed by atoms with E-state index in [1.54, 1.807) is 24.3 Å². The van der Waals surface area contributed by atoms with Gasteiger partial charge in [0, 0.05) is 10.4 Å². The first-order valence-electron chi connectivity index (χ1n) is 6.18. The molecule has 3 aromatic rings. The number of phenols is 1. The minimum absolute atomic E-state index is 0.0502. The molecule has 104 valence electrons. The first kappa shape index (κ1) is 13.4. The van der Waals surface area contributed by atoms with Crippen LogP contribution in [0.1, 0.15) is 10.5 Å². The number of carboxylic acids is 1. The van der Waals surface area contributed by atoms with Gasteiger partial charge in [0.2, 0.25) is 0 Å². The number of hydrogen-bond acceptors (Lipinski definition) is 3. The van der Waals surface area contributed by atoms with Gasteiger partial charge in [0.1, 0.15) is 17.0 Å². The quantitative estimate of drug-likeness (QED) is 0.751. The van der Waals surface area contributed by atoms with Crippen molar-refractivity contribution in [2.24, 2.45) is 0 Å². The van der Waals surface area contributed by atoms with Crippen molar-refractivity contribution in [1.29, 1.82) is 0 Å². The third kappa shape index (κ3) is 2.41. The largest absolute Gasteiger partial charge is 0.506 e. The molecular formula is C16H10ClNO3. The lowest BCUT2D eigenvalue weighted by atomic mass is 10.00. The van der Waals surface area contributed by atoms with Gasteiger partial charge in [-0.15, -0.1) is 0 Å². The minimum Gasteiger partial charge on any atom is -0.506 e. The van der Waals surface area contributed by atoms with Crippen LogP contribution < -0.4 is 0 Å². The number of aromatic nitrogens is 1. The highest BCUT2D eigenvalue weighted by molar-refractivity contribution is 6.30. The molecule has 21 heavy (non-hydrogen) atoms. The number of carbonyl (C=O) groups is 1. The summed E-state index contributed by atoms with van der Waals surface area (Å²) in [4.78, 5) is 15.0. The van der Waals surface area contributed by atoms with Gasteiger partial charge in [-0.1, -0.05) is 23.7 Å². The molecule has 0 saturated heterocycles. The Morgan fingerprint density at radius 1 is 1.00 bits per heavy atom. The zero-order valence-electron chi connectivity index (χ0n) is 10.7. The summed E-state index contributed by atoms with van der Waals surface area (Å²) in [7, 11) is 0. The second kappa shape index (κ2) is 5.07. The predicted octanol–water partition coefficient (Wildman–Crippen LogP) is 3.96. The van der Waals surface area contributed by atoms with Crippen molar-refractivity contribution >= 4 is 28.5 Å². The third-order valence-corrected chi connectivity index (χ3v) is 3.46. The van der Waals surface area contributed by atoms with Gasteiger partial charge < -0.3 is 10.2 Å². The summed E-state index contributed by atoms with van der Waals surface area (Å²) in [6, 6.07) is 13.6. The van der Waals surface area contributed by atoms with Crippen LogP contribution >= 0.6 is 11.6 Å². The van der Waals surface area contributed by atoms with Crippen molar-refractivity contribution in [2.75, 3.05) is 0 Å². The van der Waals surface area contributed by atoms with E-state index in [4.69, 9.17) is 16.7 Å². The Hall–Kier alpha value is -2.59. The van der Waals surface area contributed by atoms with Gasteiger partial charge in [-0.05, 0) is 47.5 Å². The van der Waals surface area contributed by atoms with Crippen LogP contribution in [0.25, 0.3) is 22.0 Å². The van der Waals surface area contributed by atoms with Crippen LogP contribution in [-0.2, 0) is 0 Å². The molecule has 5 heteroatoms. The van der Waals surface area contributed by atoms with Gasteiger partial charge in [0.05, 0.1) is 0 Å². The van der Waals surface area contributed by atoms with E-state index in [0.717, 1.165) is 11.1 Å². The highest BCUT2D eigenvalue weighted by Crippen LogP contribution is 2.33. The van der Waals surface area contributed by atoms with Crippen LogP contribution in [0, 0.1) is 0 Å². The van der Waals surface area contributed by atoms with E-state index in [0.29, 0.717) is 10.4 Å². The van der Waals surface area contributed by atoms with Crippen LogP contribution in [0.3, 0.4) is 0 Å². The number of phenolic OH excluding ortho intramolecular Hbond substituents is 1. The zero-order chi connectivity index (χ0) is 15.0. The molecule has 1 heterocycles. The Balaban J connectivity index is 2.27. The molecule has 2 aromatic carbocycles. The van der Waals surface area contributed by atoms with Crippen LogP contribution in [0.15, 0.2) is 48.5 Å². The molecule has 1 aromatic heterocycles. The summed E-state index contributed by atoms with van der Waals surface area (Å²) in [6.07, 6.45) is 0. The second-order valence-electron chi connectivity index (χ2n) is 4.54. The van der Waals surface area contributed by atoms with Gasteiger partial charge in [0.25, 0.3) is 0 Å². The highest BCUT2D eigenvalue weighted by atomic mass is 35.5. The number of hydrogen-bond donors (Lipinski definition) is 2. The van der Waals surface area contributed by atoms with E-state index >= 15 is 0 Å². The molecule has 0 amide bonds. The number of pyridine rings is 1. The minimum atomic E-state index is -1.13. The summed E-state index contributed by atoms with van der Waals surface area (Å²) in [5.41, 5.74) is 1.92. The monoisotopic (exact) mass is 299 g/mol. The normalized spacial score (nSPS) is 10.7. The van der Waals surface area contributed by atoms with Crippen LogP contribution in [0.4, 0.5) is 0 Å². The number of rotatable bonds is 2. The maximum atomic E-state index is 11.0. The average molecular weight is 300 g/mol. The summed E-state index contributed by atoms with van der Waals surface area (Å²) >= 11 is 5.88. The molecule has 0 aliphatic carbocycles. The number of aromatic hydroxyl groups is 1. The van der Waals surface area contributed by atoms with Crippen molar-refractivity contribution in [3.63, 3.8) is 0 Å². The number of halogens is 1. The molecule has 0 aliphatic heterocycles. The van der Waals surface area contributed by atoms with Gasteiger partial charge in [-0.25, -0.2) is 9.78 Å². The fourth-order valence-electron chi connectivity index (χ4n) is 2.20. The number of carboxylic acid groups (broad SMARTS) is 1. The lowest BCUT2D eigenvalue weighted by molar-refractivity contribution is 0.0691. The molecule has 0 aliphatic rings. The Bertz CT molecular complexity index is 844. The SMILES string of the molecule is O=C(O)c1ccc2c(-c3ccc(Cl)cc3)ccc(O)c2n1. The topological polar surface area (TPSA) is 70.4 Å². The van der Waals surface area contributed by atoms with Crippen molar-refractivity contribution in [3.05, 3.63) is 59.2 Å². The molecule has 0 bridgehead atoms. The van der Waals surface area contributed by atoms with Crippen molar-refractivity contribution in [2.45, 2.75) is 0 Å². The lowest BCUT2D eigenvalue weighted by Crippen LogP contribution is -2.00. The Labute approximate surface area is 125 Å².